The molecule has 21 heavy (non-hydrogen) atoms. The van der Waals surface area contributed by atoms with Crippen LogP contribution in [0.25, 0.3) is 5.69 Å². The zero-order chi connectivity index (χ0) is 15.0. The molecule has 5 nitrogen and oxygen atoms in total. The van der Waals surface area contributed by atoms with Crippen LogP contribution in [0.1, 0.15) is 36.9 Å². The van der Waals surface area contributed by atoms with Crippen molar-refractivity contribution in [1.29, 1.82) is 0 Å². The highest BCUT2D eigenvalue weighted by molar-refractivity contribution is 5.82. The number of carboxylic acids is 1. The van der Waals surface area contributed by atoms with E-state index in [9.17, 15) is 14.7 Å². The van der Waals surface area contributed by atoms with E-state index in [1.54, 1.807) is 10.8 Å². The third-order valence-corrected chi connectivity index (χ3v) is 4.48. The SMILES string of the molecule is Cc1c[nH]c(=O)n1-c1cccc(C2(C(=O)O)CCCC2)c1. The number of nitrogens with zero attached hydrogens (tertiary/aromatic N) is 1. The van der Waals surface area contributed by atoms with Crippen LogP contribution in [0.4, 0.5) is 0 Å². The second-order valence-electron chi connectivity index (χ2n) is 5.72. The minimum Gasteiger partial charge on any atom is -0.481 e. The van der Waals surface area contributed by atoms with Gasteiger partial charge in [-0.1, -0.05) is 25.0 Å². The normalized spacial score (nSPS) is 17.0. The van der Waals surface area contributed by atoms with Crippen LogP contribution >= 0.6 is 0 Å². The molecular weight excluding hydrogens is 268 g/mol. The highest BCUT2D eigenvalue weighted by Gasteiger charge is 2.42. The molecule has 0 aliphatic heterocycles. The smallest absolute Gasteiger partial charge is 0.330 e. The quantitative estimate of drug-likeness (QED) is 0.909. The number of aromatic amines is 1. The predicted molar refractivity (Wildman–Crippen MR) is 78.9 cm³/mol. The number of aromatic nitrogens is 2. The summed E-state index contributed by atoms with van der Waals surface area (Å²) < 4.78 is 1.56. The Morgan fingerprint density at radius 3 is 2.62 bits per heavy atom. The molecular formula is C16H18N2O3. The van der Waals surface area contributed by atoms with E-state index in [0.717, 1.165) is 24.1 Å². The number of carbonyl (C=O) groups is 1. The Hall–Kier alpha value is -2.30. The van der Waals surface area contributed by atoms with Gasteiger partial charge in [0.05, 0.1) is 11.1 Å². The van der Waals surface area contributed by atoms with E-state index in [1.165, 1.54) is 0 Å². The molecule has 2 N–H and O–H groups in total. The third-order valence-electron chi connectivity index (χ3n) is 4.48. The molecule has 1 aliphatic rings. The number of carboxylic acid groups (broad SMARTS) is 1. The van der Waals surface area contributed by atoms with Gasteiger partial charge in [-0.25, -0.2) is 4.79 Å². The van der Waals surface area contributed by atoms with Gasteiger partial charge in [0.15, 0.2) is 0 Å². The molecule has 0 radical (unpaired) electrons. The number of hydrogen-bond acceptors (Lipinski definition) is 2. The molecule has 0 atom stereocenters. The van der Waals surface area contributed by atoms with Crippen LogP contribution in [0.15, 0.2) is 35.3 Å². The van der Waals surface area contributed by atoms with Crippen LogP contribution < -0.4 is 5.69 Å². The number of hydrogen-bond donors (Lipinski definition) is 2. The van der Waals surface area contributed by atoms with Crippen molar-refractivity contribution in [3.05, 3.63) is 52.2 Å². The van der Waals surface area contributed by atoms with Crippen molar-refractivity contribution in [2.75, 3.05) is 0 Å². The van der Waals surface area contributed by atoms with Crippen molar-refractivity contribution in [2.24, 2.45) is 0 Å². The van der Waals surface area contributed by atoms with Gasteiger partial charge < -0.3 is 10.1 Å². The molecule has 1 fully saturated rings. The maximum atomic E-state index is 11.9. The van der Waals surface area contributed by atoms with Crippen molar-refractivity contribution >= 4 is 5.97 Å². The van der Waals surface area contributed by atoms with E-state index >= 15 is 0 Å². The molecule has 5 heteroatoms. The summed E-state index contributed by atoms with van der Waals surface area (Å²) in [6.45, 7) is 1.84. The van der Waals surface area contributed by atoms with Crippen molar-refractivity contribution in [1.82, 2.24) is 9.55 Å². The maximum Gasteiger partial charge on any atom is 0.330 e. The lowest BCUT2D eigenvalue weighted by Crippen LogP contribution is -2.32. The van der Waals surface area contributed by atoms with Gasteiger partial charge in [0.1, 0.15) is 0 Å². The fraction of sp³-hybridized carbons (Fsp3) is 0.375. The Bertz CT molecular complexity index is 736. The van der Waals surface area contributed by atoms with Crippen molar-refractivity contribution in [2.45, 2.75) is 38.0 Å². The minimum atomic E-state index is -0.802. The van der Waals surface area contributed by atoms with Gasteiger partial charge in [-0.2, -0.15) is 0 Å². The minimum absolute atomic E-state index is 0.208. The molecule has 0 saturated heterocycles. The number of H-pyrrole nitrogens is 1. The van der Waals surface area contributed by atoms with Crippen molar-refractivity contribution < 1.29 is 9.90 Å². The molecule has 1 aromatic carbocycles. The molecule has 1 heterocycles. The predicted octanol–water partition coefficient (Wildman–Crippen LogP) is 2.37. The van der Waals surface area contributed by atoms with E-state index in [4.69, 9.17) is 0 Å². The molecule has 1 aliphatic carbocycles. The Kier molecular flexibility index (Phi) is 3.20. The molecule has 1 aromatic heterocycles. The molecule has 110 valence electrons. The van der Waals surface area contributed by atoms with E-state index in [2.05, 4.69) is 4.98 Å². The van der Waals surface area contributed by atoms with Crippen LogP contribution in [-0.4, -0.2) is 20.6 Å². The Balaban J connectivity index is 2.13. The van der Waals surface area contributed by atoms with E-state index in [1.807, 2.05) is 31.2 Å². The van der Waals surface area contributed by atoms with Gasteiger partial charge >= 0.3 is 11.7 Å². The van der Waals surface area contributed by atoms with Gasteiger partial charge in [-0.15, -0.1) is 0 Å². The first-order chi connectivity index (χ1) is 10.0. The lowest BCUT2D eigenvalue weighted by molar-refractivity contribution is -0.143. The monoisotopic (exact) mass is 286 g/mol. The molecule has 2 aromatic rings. The maximum absolute atomic E-state index is 11.9. The Labute approximate surface area is 122 Å². The number of rotatable bonds is 3. The standard InChI is InChI=1S/C16H18N2O3/c1-11-10-17-15(21)18(11)13-6-4-5-12(9-13)16(14(19)20)7-2-3-8-16/h4-6,9-10H,2-3,7-8H2,1H3,(H,17,21)(H,19,20). The molecule has 3 rings (SSSR count). The van der Waals surface area contributed by atoms with E-state index in [-0.39, 0.29) is 5.69 Å². The van der Waals surface area contributed by atoms with Gasteiger partial charge in [-0.05, 0) is 37.5 Å². The number of aryl methyl sites for hydroxylation is 1. The number of benzene rings is 1. The lowest BCUT2D eigenvalue weighted by Gasteiger charge is -2.25. The van der Waals surface area contributed by atoms with E-state index in [0.29, 0.717) is 18.5 Å². The molecule has 0 unspecified atom stereocenters. The average molecular weight is 286 g/mol. The number of aliphatic carboxylic acids is 1. The van der Waals surface area contributed by atoms with Crippen LogP contribution in [0.2, 0.25) is 0 Å². The van der Waals surface area contributed by atoms with Gasteiger partial charge in [0.2, 0.25) is 0 Å². The first kappa shape index (κ1) is 13.7. The zero-order valence-corrected chi connectivity index (χ0v) is 11.9. The van der Waals surface area contributed by atoms with Crippen molar-refractivity contribution in [3.8, 4) is 5.69 Å². The Morgan fingerprint density at radius 2 is 2.05 bits per heavy atom. The highest BCUT2D eigenvalue weighted by Crippen LogP contribution is 2.41. The van der Waals surface area contributed by atoms with E-state index < -0.39 is 11.4 Å². The first-order valence-electron chi connectivity index (χ1n) is 7.16. The largest absolute Gasteiger partial charge is 0.481 e. The fourth-order valence-electron chi connectivity index (χ4n) is 3.32. The lowest BCUT2D eigenvalue weighted by atomic mass is 9.79. The van der Waals surface area contributed by atoms with Gasteiger partial charge in [-0.3, -0.25) is 9.36 Å². The van der Waals surface area contributed by atoms with Crippen LogP contribution in [0, 0.1) is 6.92 Å². The Morgan fingerprint density at radius 1 is 1.33 bits per heavy atom. The summed E-state index contributed by atoms with van der Waals surface area (Å²) >= 11 is 0. The van der Waals surface area contributed by atoms with Crippen LogP contribution in [0.3, 0.4) is 0 Å². The zero-order valence-electron chi connectivity index (χ0n) is 11.9. The number of imidazole rings is 1. The molecule has 0 spiro atoms. The van der Waals surface area contributed by atoms with Gasteiger partial charge in [0, 0.05) is 11.9 Å². The third kappa shape index (κ3) is 2.09. The summed E-state index contributed by atoms with van der Waals surface area (Å²) in [5, 5.41) is 9.67. The summed E-state index contributed by atoms with van der Waals surface area (Å²) in [4.78, 5) is 26.3. The summed E-state index contributed by atoms with van der Waals surface area (Å²) in [7, 11) is 0. The summed E-state index contributed by atoms with van der Waals surface area (Å²) in [6.07, 6.45) is 4.83. The summed E-state index contributed by atoms with van der Waals surface area (Å²) in [5.74, 6) is -0.768. The fourth-order valence-corrected chi connectivity index (χ4v) is 3.32. The summed E-state index contributed by atoms with van der Waals surface area (Å²) in [6, 6.07) is 7.35. The second-order valence-corrected chi connectivity index (χ2v) is 5.72. The average Bonchev–Trinajstić information content (AvgIpc) is 3.07. The second kappa shape index (κ2) is 4.91. The molecule has 1 saturated carbocycles. The van der Waals surface area contributed by atoms with Crippen molar-refractivity contribution in [3.63, 3.8) is 0 Å². The topological polar surface area (TPSA) is 75.1 Å². The van der Waals surface area contributed by atoms with Gasteiger partial charge in [0.25, 0.3) is 0 Å². The van der Waals surface area contributed by atoms with Crippen LogP contribution in [-0.2, 0) is 10.2 Å². The number of nitrogens with one attached hydrogen (secondary N) is 1. The molecule has 0 bridgehead atoms. The highest BCUT2D eigenvalue weighted by atomic mass is 16.4. The molecule has 0 amide bonds. The van der Waals surface area contributed by atoms with Crippen LogP contribution in [0.5, 0.6) is 0 Å². The first-order valence-corrected chi connectivity index (χ1v) is 7.16. The summed E-state index contributed by atoms with van der Waals surface area (Å²) in [5.41, 5.74) is 1.29.